The molecule has 12 unspecified atom stereocenters. The molecule has 6 saturated carbocycles. The summed E-state index contributed by atoms with van der Waals surface area (Å²) in [6, 6.07) is 3.68. The molecule has 2 N–H and O–H groups in total. The second-order valence-electron chi connectivity index (χ2n) is 29.7. The van der Waals surface area contributed by atoms with Gasteiger partial charge in [0.25, 0.3) is 0 Å². The quantitative estimate of drug-likeness (QED) is 0.252. The molecule has 15 aliphatic rings. The van der Waals surface area contributed by atoms with E-state index in [1.165, 1.54) is 116 Å². The molecule has 12 atom stereocenters. The lowest BCUT2D eigenvalue weighted by atomic mass is 9.68. The molecular weight excluding hydrogens is 807 g/mol. The predicted molar refractivity (Wildman–Crippen MR) is 283 cm³/mol. The Kier molecular flexibility index (Phi) is 18.4. The number of rotatable bonds is 0. The van der Waals surface area contributed by atoms with Crippen molar-refractivity contribution < 1.29 is 4.74 Å². The van der Waals surface area contributed by atoms with E-state index in [2.05, 4.69) is 129 Å². The number of likely N-dealkylation sites (tertiary alicyclic amines) is 1. The van der Waals surface area contributed by atoms with Crippen LogP contribution in [0.25, 0.3) is 0 Å². The number of fused-ring (bicyclic) bond motifs is 11. The van der Waals surface area contributed by atoms with Crippen LogP contribution in [0.5, 0.6) is 0 Å². The molecule has 0 aromatic carbocycles. The highest BCUT2D eigenvalue weighted by Crippen LogP contribution is 2.51. The van der Waals surface area contributed by atoms with Crippen molar-refractivity contribution in [2.24, 2.45) is 71.0 Å². The molecule has 0 amide bonds. The fraction of sp³-hybridized carbons (Fsp3) is 1.00. The molecule has 15 fully saturated rings. The van der Waals surface area contributed by atoms with E-state index >= 15 is 0 Å². The van der Waals surface area contributed by atoms with Crippen LogP contribution in [0.2, 0.25) is 0 Å². The van der Waals surface area contributed by atoms with Crippen molar-refractivity contribution in [1.82, 2.24) is 25.3 Å². The van der Waals surface area contributed by atoms with Crippen LogP contribution >= 0.6 is 0 Å². The van der Waals surface area contributed by atoms with Crippen molar-refractivity contribution in [1.29, 1.82) is 0 Å². The summed E-state index contributed by atoms with van der Waals surface area (Å²) in [5, 5.41) is 6.91. The lowest BCUT2D eigenvalue weighted by Crippen LogP contribution is -2.49. The fourth-order valence-electron chi connectivity index (χ4n) is 16.3. The van der Waals surface area contributed by atoms with E-state index in [0.717, 1.165) is 95.2 Å². The van der Waals surface area contributed by atoms with Gasteiger partial charge < -0.3 is 15.4 Å². The summed E-state index contributed by atoms with van der Waals surface area (Å²) in [5.74, 6) is 11.9. The Morgan fingerprint density at radius 1 is 0.379 bits per heavy atom. The van der Waals surface area contributed by atoms with Gasteiger partial charge in [-0.3, -0.25) is 14.7 Å². The monoisotopic (exact) mass is 920 g/mol. The van der Waals surface area contributed by atoms with Gasteiger partial charge in [-0.2, -0.15) is 0 Å². The maximum absolute atomic E-state index is 5.97. The van der Waals surface area contributed by atoms with Crippen LogP contribution in [0.15, 0.2) is 0 Å². The predicted octanol–water partition coefficient (Wildman–Crippen LogP) is 13.3. The second-order valence-corrected chi connectivity index (χ2v) is 29.7. The van der Waals surface area contributed by atoms with Crippen molar-refractivity contribution in [3.05, 3.63) is 0 Å². The van der Waals surface area contributed by atoms with Gasteiger partial charge in [0, 0.05) is 78.8 Å². The van der Waals surface area contributed by atoms with E-state index in [4.69, 9.17) is 4.74 Å². The van der Waals surface area contributed by atoms with E-state index in [1.54, 1.807) is 38.5 Å². The first-order valence-electron chi connectivity index (χ1n) is 29.4. The minimum atomic E-state index is 0.351. The summed E-state index contributed by atoms with van der Waals surface area (Å²) in [4.78, 5) is 8.31. The molecule has 6 nitrogen and oxygen atoms in total. The second kappa shape index (κ2) is 22.7. The first-order chi connectivity index (χ1) is 31.0. The molecule has 0 spiro atoms. The van der Waals surface area contributed by atoms with Gasteiger partial charge in [-0.15, -0.1) is 0 Å². The zero-order valence-electron chi connectivity index (χ0n) is 46.6. The maximum atomic E-state index is 5.97. The van der Waals surface area contributed by atoms with Crippen LogP contribution in [0.3, 0.4) is 0 Å². The zero-order chi connectivity index (χ0) is 47.7. The SMILES string of the molecule is C1CC2CC1CN2.C1CC2CC1CN2.CC(C)(C)N1CC2C3CCC(O3)C2C1.CC(C)(C)N1CC2CC3CC(C2)CC1C3.CC(C)(C)N1CC2CC3CC(C2)CC1C3.CC(C)C.CC(C)C. The van der Waals surface area contributed by atoms with Crippen LogP contribution in [-0.4, -0.2) is 107 Å². The van der Waals surface area contributed by atoms with Crippen LogP contribution in [-0.2, 0) is 4.74 Å². The third-order valence-corrected chi connectivity index (χ3v) is 18.8. The number of piperidine rings is 2. The molecular formula is C60H113N5O. The molecule has 6 heteroatoms. The van der Waals surface area contributed by atoms with E-state index in [0.29, 0.717) is 28.8 Å². The maximum Gasteiger partial charge on any atom is 0.0624 e. The average molecular weight is 921 g/mol. The first kappa shape index (κ1) is 53.6. The topological polar surface area (TPSA) is 43.0 Å². The van der Waals surface area contributed by atoms with Gasteiger partial charge in [-0.25, -0.2) is 0 Å². The van der Waals surface area contributed by atoms with Crippen LogP contribution in [0.4, 0.5) is 0 Å². The van der Waals surface area contributed by atoms with Gasteiger partial charge in [0.05, 0.1) is 12.2 Å². The van der Waals surface area contributed by atoms with Crippen molar-refractivity contribution in [3.63, 3.8) is 0 Å². The van der Waals surface area contributed by atoms with E-state index in [1.807, 2.05) is 0 Å². The smallest absolute Gasteiger partial charge is 0.0624 e. The molecule has 66 heavy (non-hydrogen) atoms. The van der Waals surface area contributed by atoms with Crippen molar-refractivity contribution >= 4 is 0 Å². The molecule has 0 aromatic heterocycles. The molecule has 384 valence electrons. The third kappa shape index (κ3) is 14.7. The van der Waals surface area contributed by atoms with Crippen LogP contribution < -0.4 is 10.6 Å². The Bertz CT molecular complexity index is 1290. The van der Waals surface area contributed by atoms with Gasteiger partial charge >= 0.3 is 0 Å². The largest absolute Gasteiger partial charge is 0.374 e. The molecule has 0 aromatic rings. The molecule has 9 aliphatic heterocycles. The summed E-state index contributed by atoms with van der Waals surface area (Å²) in [5.41, 5.74) is 1.14. The van der Waals surface area contributed by atoms with Gasteiger partial charge in [-0.05, 0) is 250 Å². The number of ether oxygens (including phenoxy) is 1. The van der Waals surface area contributed by atoms with Crippen LogP contribution in [0.1, 0.15) is 219 Å². The third-order valence-electron chi connectivity index (χ3n) is 18.8. The number of hydrogen-bond donors (Lipinski definition) is 2. The molecule has 6 aliphatic carbocycles. The number of hydrogen-bond acceptors (Lipinski definition) is 6. The van der Waals surface area contributed by atoms with Crippen LogP contribution in [0, 0.1) is 71.0 Å². The van der Waals surface area contributed by atoms with Crippen molar-refractivity contribution in [2.75, 3.05) is 39.3 Å². The highest BCUT2D eigenvalue weighted by atomic mass is 16.5. The lowest BCUT2D eigenvalue weighted by molar-refractivity contribution is 0.0550. The van der Waals surface area contributed by atoms with E-state index in [-0.39, 0.29) is 0 Å². The minimum Gasteiger partial charge on any atom is -0.374 e. The molecule has 14 bridgehead atoms. The van der Waals surface area contributed by atoms with Crippen molar-refractivity contribution in [3.8, 4) is 0 Å². The summed E-state index contributed by atoms with van der Waals surface area (Å²) >= 11 is 0. The van der Waals surface area contributed by atoms with Gasteiger partial charge in [-0.1, -0.05) is 41.5 Å². The molecule has 0 radical (unpaired) electrons. The fourth-order valence-corrected chi connectivity index (χ4v) is 16.3. The highest BCUT2D eigenvalue weighted by Gasteiger charge is 2.54. The Morgan fingerprint density at radius 3 is 0.939 bits per heavy atom. The summed E-state index contributed by atoms with van der Waals surface area (Å²) in [7, 11) is 0. The molecule has 9 heterocycles. The summed E-state index contributed by atoms with van der Waals surface area (Å²) in [6.45, 7) is 42.3. The van der Waals surface area contributed by atoms with Crippen molar-refractivity contribution in [2.45, 2.75) is 272 Å². The number of nitrogens with one attached hydrogen (secondary N) is 2. The highest BCUT2D eigenvalue weighted by molar-refractivity contribution is 5.05. The zero-order valence-corrected chi connectivity index (χ0v) is 46.6. The Hall–Kier alpha value is -0.240. The molecule has 15 rings (SSSR count). The first-order valence-corrected chi connectivity index (χ1v) is 29.4. The summed E-state index contributed by atoms with van der Waals surface area (Å²) in [6.07, 6.45) is 28.0. The minimum absolute atomic E-state index is 0.351. The Balaban J connectivity index is 0.000000121. The standard InChI is InChI=1S/2C14H25N.C12H21NO.2C6H11N.2C4H10/c2*1-14(2,3)15-9-12-5-10-4-11(6-12)8-13(15)7-10;1-12(2,3)13-6-8-9(7-13)11-5-4-10(8)14-11;2*1-2-6-3-5(1)4-7-6;2*1-4(2)3/h2*10-13H,4-9H2,1-3H3;8-11H,4-7H2,1-3H3;2*5-7H,1-4H2;2*4H,1-3H3. The lowest BCUT2D eigenvalue weighted by Gasteiger charge is -2.43. The van der Waals surface area contributed by atoms with Gasteiger partial charge in [0.1, 0.15) is 0 Å². The van der Waals surface area contributed by atoms with E-state index in [9.17, 15) is 0 Å². The summed E-state index contributed by atoms with van der Waals surface area (Å²) < 4.78 is 5.97. The van der Waals surface area contributed by atoms with Gasteiger partial charge in [0.2, 0.25) is 0 Å². The van der Waals surface area contributed by atoms with Gasteiger partial charge in [0.15, 0.2) is 0 Å². The Labute approximate surface area is 411 Å². The Morgan fingerprint density at radius 2 is 0.712 bits per heavy atom. The normalized spacial score (nSPS) is 42.1. The van der Waals surface area contributed by atoms with E-state index < -0.39 is 0 Å². The molecule has 9 saturated heterocycles. The average Bonchev–Trinajstić information content (AvgIpc) is 4.08. The number of nitrogens with zero attached hydrogens (tertiary/aromatic N) is 3.